The van der Waals surface area contributed by atoms with Gasteiger partial charge < -0.3 is 9.72 Å². The zero-order valence-electron chi connectivity index (χ0n) is 14.3. The van der Waals surface area contributed by atoms with Crippen molar-refractivity contribution in [1.29, 1.82) is 0 Å². The second-order valence-corrected chi connectivity index (χ2v) is 8.67. The lowest BCUT2D eigenvalue weighted by atomic mass is 10.1. The highest BCUT2D eigenvalue weighted by Gasteiger charge is 2.35. The van der Waals surface area contributed by atoms with E-state index in [2.05, 4.69) is 14.9 Å². The van der Waals surface area contributed by atoms with Crippen LogP contribution >= 0.6 is 0 Å². The Morgan fingerprint density at radius 3 is 2.92 bits per heavy atom. The van der Waals surface area contributed by atoms with Crippen molar-refractivity contribution in [3.05, 3.63) is 42.0 Å². The molecule has 1 aromatic carbocycles. The molecule has 3 heterocycles. The monoisotopic (exact) mass is 362 g/mol. The molecule has 0 saturated carbocycles. The smallest absolute Gasteiger partial charge is 0.243 e. The van der Waals surface area contributed by atoms with Gasteiger partial charge in [0.1, 0.15) is 17.7 Å². The highest BCUT2D eigenvalue weighted by molar-refractivity contribution is 7.89. The number of aromatic amines is 1. The van der Waals surface area contributed by atoms with E-state index >= 15 is 0 Å². The summed E-state index contributed by atoms with van der Waals surface area (Å²) in [6.07, 6.45) is 4.30. The van der Waals surface area contributed by atoms with E-state index in [0.717, 1.165) is 23.6 Å². The Morgan fingerprint density at radius 2 is 2.16 bits per heavy atom. The lowest BCUT2D eigenvalue weighted by molar-refractivity contribution is 0.142. The fourth-order valence-electron chi connectivity index (χ4n) is 3.53. The van der Waals surface area contributed by atoms with Crippen molar-refractivity contribution in [3.63, 3.8) is 0 Å². The Hall–Kier alpha value is -1.90. The average Bonchev–Trinajstić information content (AvgIpc) is 3.22. The molecule has 0 unspecified atom stereocenters. The van der Waals surface area contributed by atoms with E-state index in [1.165, 1.54) is 0 Å². The number of ether oxygens (including phenoxy) is 1. The van der Waals surface area contributed by atoms with Crippen LogP contribution in [0.25, 0.3) is 0 Å². The van der Waals surface area contributed by atoms with Crippen LogP contribution in [0.4, 0.5) is 0 Å². The molecule has 0 aliphatic carbocycles. The van der Waals surface area contributed by atoms with Crippen molar-refractivity contribution >= 4 is 10.0 Å². The number of fused-ring (bicyclic) bond motifs is 1. The molecule has 1 N–H and O–H groups in total. The van der Waals surface area contributed by atoms with Gasteiger partial charge in [0.2, 0.25) is 10.0 Å². The summed E-state index contributed by atoms with van der Waals surface area (Å²) >= 11 is 0. The molecule has 1 aromatic heterocycles. The van der Waals surface area contributed by atoms with Crippen LogP contribution in [0.2, 0.25) is 0 Å². The number of piperazine rings is 1. The largest absolute Gasteiger partial charge is 0.490 e. The van der Waals surface area contributed by atoms with E-state index < -0.39 is 10.0 Å². The molecule has 0 amide bonds. The number of hydrogen-bond donors (Lipinski definition) is 1. The molecule has 2 atom stereocenters. The first-order valence-corrected chi connectivity index (χ1v) is 9.88. The third-order valence-electron chi connectivity index (χ3n) is 4.95. The molecule has 1 saturated heterocycles. The maximum atomic E-state index is 13.1. The zero-order chi connectivity index (χ0) is 17.6. The summed E-state index contributed by atoms with van der Waals surface area (Å²) < 4.78 is 33.5. The highest BCUT2D eigenvalue weighted by atomic mass is 32.2. The van der Waals surface area contributed by atoms with Crippen molar-refractivity contribution in [2.24, 2.45) is 0 Å². The molecule has 2 aliphatic rings. The van der Waals surface area contributed by atoms with Gasteiger partial charge in [-0.2, -0.15) is 4.31 Å². The van der Waals surface area contributed by atoms with E-state index in [1.54, 1.807) is 34.9 Å². The van der Waals surface area contributed by atoms with E-state index in [0.29, 0.717) is 24.5 Å². The molecule has 0 bridgehead atoms. The Balaban J connectivity index is 1.61. The number of likely N-dealkylation sites (N-methyl/N-ethyl adjacent to an activating group) is 1. The third-order valence-corrected chi connectivity index (χ3v) is 6.81. The van der Waals surface area contributed by atoms with E-state index in [9.17, 15) is 8.42 Å². The number of aromatic nitrogens is 2. The van der Waals surface area contributed by atoms with Gasteiger partial charge in [-0.1, -0.05) is 0 Å². The Labute approximate surface area is 147 Å². The maximum Gasteiger partial charge on any atom is 0.243 e. The van der Waals surface area contributed by atoms with Crippen LogP contribution in [0.3, 0.4) is 0 Å². The summed E-state index contributed by atoms with van der Waals surface area (Å²) in [6.45, 7) is 3.51. The van der Waals surface area contributed by atoms with Gasteiger partial charge in [0.05, 0.1) is 10.9 Å². The molecule has 2 aliphatic heterocycles. The van der Waals surface area contributed by atoms with Crippen molar-refractivity contribution in [1.82, 2.24) is 19.2 Å². The van der Waals surface area contributed by atoms with E-state index in [1.807, 2.05) is 14.0 Å². The standard InChI is InChI=1S/C17H22N4O3S/c1-12-9-13-10-14(3-4-16(13)24-12)25(22,23)21-8-7-20(2)15(11-21)17-18-5-6-19-17/h3-6,10,12,15H,7-9,11H2,1-2H3,(H,18,19)/t12-,15+/m0/s1. The highest BCUT2D eigenvalue weighted by Crippen LogP contribution is 2.32. The molecule has 0 radical (unpaired) electrons. The van der Waals surface area contributed by atoms with Gasteiger partial charge in [-0.15, -0.1) is 0 Å². The molecule has 25 heavy (non-hydrogen) atoms. The quantitative estimate of drug-likeness (QED) is 0.893. The molecular weight excluding hydrogens is 340 g/mol. The predicted octanol–water partition coefficient (Wildman–Crippen LogP) is 1.41. The summed E-state index contributed by atoms with van der Waals surface area (Å²) in [5, 5.41) is 0. The van der Waals surface area contributed by atoms with E-state index in [4.69, 9.17) is 4.74 Å². The third kappa shape index (κ3) is 2.94. The minimum absolute atomic E-state index is 0.0729. The molecule has 0 spiro atoms. The molecule has 4 rings (SSSR count). The molecule has 8 heteroatoms. The summed E-state index contributed by atoms with van der Waals surface area (Å²) in [4.78, 5) is 9.86. The number of benzene rings is 1. The minimum Gasteiger partial charge on any atom is -0.490 e. The summed E-state index contributed by atoms with van der Waals surface area (Å²) in [5.74, 6) is 1.58. The first kappa shape index (κ1) is 16.6. The van der Waals surface area contributed by atoms with Crippen LogP contribution in [0.15, 0.2) is 35.5 Å². The molecule has 2 aromatic rings. The van der Waals surface area contributed by atoms with Crippen LogP contribution in [0.1, 0.15) is 24.4 Å². The Bertz CT molecular complexity index is 866. The number of nitrogens with one attached hydrogen (secondary N) is 1. The van der Waals surface area contributed by atoms with Gasteiger partial charge in [-0.3, -0.25) is 4.90 Å². The number of sulfonamides is 1. The Morgan fingerprint density at radius 1 is 1.32 bits per heavy atom. The fourth-order valence-corrected chi connectivity index (χ4v) is 5.02. The fraction of sp³-hybridized carbons (Fsp3) is 0.471. The topological polar surface area (TPSA) is 78.5 Å². The number of hydrogen-bond acceptors (Lipinski definition) is 5. The van der Waals surface area contributed by atoms with Gasteiger partial charge >= 0.3 is 0 Å². The van der Waals surface area contributed by atoms with Crippen molar-refractivity contribution in [2.75, 3.05) is 26.7 Å². The van der Waals surface area contributed by atoms with Crippen LogP contribution in [0, 0.1) is 0 Å². The lowest BCUT2D eigenvalue weighted by Gasteiger charge is -2.37. The van der Waals surface area contributed by atoms with Crippen LogP contribution < -0.4 is 4.74 Å². The zero-order valence-corrected chi connectivity index (χ0v) is 15.2. The second kappa shape index (κ2) is 6.12. The summed E-state index contributed by atoms with van der Waals surface area (Å²) in [5.41, 5.74) is 0.963. The van der Waals surface area contributed by atoms with Crippen LogP contribution in [-0.4, -0.2) is 60.4 Å². The summed E-state index contributed by atoms with van der Waals surface area (Å²) in [7, 11) is -1.55. The predicted molar refractivity (Wildman–Crippen MR) is 93.0 cm³/mol. The molecule has 1 fully saturated rings. The number of rotatable bonds is 3. The van der Waals surface area contributed by atoms with Gasteiger partial charge in [0.25, 0.3) is 0 Å². The normalized spacial score (nSPS) is 24.9. The number of H-pyrrole nitrogens is 1. The minimum atomic E-state index is -3.54. The van der Waals surface area contributed by atoms with Gasteiger partial charge in [0.15, 0.2) is 0 Å². The first-order valence-electron chi connectivity index (χ1n) is 8.44. The maximum absolute atomic E-state index is 13.1. The Kier molecular flexibility index (Phi) is 4.05. The van der Waals surface area contributed by atoms with Crippen molar-refractivity contribution < 1.29 is 13.2 Å². The van der Waals surface area contributed by atoms with Crippen molar-refractivity contribution in [3.8, 4) is 5.75 Å². The lowest BCUT2D eigenvalue weighted by Crippen LogP contribution is -2.49. The SMILES string of the molecule is C[C@H]1Cc2cc(S(=O)(=O)N3CCN(C)[C@@H](c4ncc[nH]4)C3)ccc2O1. The number of imidazole rings is 1. The molecular formula is C17H22N4O3S. The molecule has 7 nitrogen and oxygen atoms in total. The van der Waals surface area contributed by atoms with Gasteiger partial charge in [0, 0.05) is 38.4 Å². The van der Waals surface area contributed by atoms with Crippen molar-refractivity contribution in [2.45, 2.75) is 30.4 Å². The average molecular weight is 362 g/mol. The van der Waals surface area contributed by atoms with Crippen LogP contribution in [-0.2, 0) is 16.4 Å². The van der Waals surface area contributed by atoms with E-state index in [-0.39, 0.29) is 12.1 Å². The first-order chi connectivity index (χ1) is 11.9. The van der Waals surface area contributed by atoms with Gasteiger partial charge in [-0.05, 0) is 37.7 Å². The molecule has 134 valence electrons. The van der Waals surface area contributed by atoms with Gasteiger partial charge in [-0.25, -0.2) is 13.4 Å². The van der Waals surface area contributed by atoms with Crippen LogP contribution in [0.5, 0.6) is 5.75 Å². The second-order valence-electron chi connectivity index (χ2n) is 6.74. The summed E-state index contributed by atoms with van der Waals surface area (Å²) in [6, 6.07) is 5.10. The number of nitrogens with zero attached hydrogens (tertiary/aromatic N) is 3.